The van der Waals surface area contributed by atoms with Gasteiger partial charge in [-0.1, -0.05) is 42.0 Å². The van der Waals surface area contributed by atoms with Crippen LogP contribution in [0.4, 0.5) is 0 Å². The summed E-state index contributed by atoms with van der Waals surface area (Å²) in [5, 5.41) is 2.96. The molecular formula is C17H20N2O. The van der Waals surface area contributed by atoms with Crippen LogP contribution in [0.1, 0.15) is 32.6 Å². The minimum absolute atomic E-state index is 0.0435. The van der Waals surface area contributed by atoms with E-state index in [-0.39, 0.29) is 5.91 Å². The molecule has 0 atom stereocenters. The van der Waals surface area contributed by atoms with Gasteiger partial charge in [0, 0.05) is 18.7 Å². The second-order valence-electron chi connectivity index (χ2n) is 4.97. The second kappa shape index (κ2) is 6.35. The van der Waals surface area contributed by atoms with Gasteiger partial charge in [0.15, 0.2) is 0 Å². The molecular weight excluding hydrogens is 248 g/mol. The number of benzene rings is 2. The summed E-state index contributed by atoms with van der Waals surface area (Å²) in [6.07, 6.45) is 0. The molecule has 0 heterocycles. The van der Waals surface area contributed by atoms with Crippen LogP contribution in [0.5, 0.6) is 0 Å². The highest BCUT2D eigenvalue weighted by Gasteiger charge is 2.09. The van der Waals surface area contributed by atoms with Crippen molar-refractivity contribution >= 4 is 5.91 Å². The Morgan fingerprint density at radius 3 is 2.50 bits per heavy atom. The molecule has 2 aromatic carbocycles. The van der Waals surface area contributed by atoms with Gasteiger partial charge in [0.25, 0.3) is 5.91 Å². The normalized spacial score (nSPS) is 10.3. The molecule has 0 unspecified atom stereocenters. The van der Waals surface area contributed by atoms with Gasteiger partial charge in [0.1, 0.15) is 0 Å². The minimum Gasteiger partial charge on any atom is -0.348 e. The molecule has 0 aliphatic carbocycles. The second-order valence-corrected chi connectivity index (χ2v) is 4.97. The van der Waals surface area contributed by atoms with Crippen molar-refractivity contribution in [3.63, 3.8) is 0 Å². The number of nitrogens with one attached hydrogen (secondary N) is 1. The van der Waals surface area contributed by atoms with Crippen LogP contribution in [0, 0.1) is 13.8 Å². The van der Waals surface area contributed by atoms with Crippen LogP contribution >= 0.6 is 0 Å². The van der Waals surface area contributed by atoms with Crippen LogP contribution in [-0.2, 0) is 13.1 Å². The van der Waals surface area contributed by atoms with Gasteiger partial charge in [-0.15, -0.1) is 0 Å². The fraction of sp³-hybridized carbons (Fsp3) is 0.235. The highest BCUT2D eigenvalue weighted by Crippen LogP contribution is 2.12. The highest BCUT2D eigenvalue weighted by molar-refractivity contribution is 5.95. The molecule has 20 heavy (non-hydrogen) atoms. The molecule has 0 aromatic heterocycles. The van der Waals surface area contributed by atoms with E-state index < -0.39 is 0 Å². The molecule has 3 N–H and O–H groups in total. The first-order valence-corrected chi connectivity index (χ1v) is 6.74. The van der Waals surface area contributed by atoms with Crippen molar-refractivity contribution in [1.29, 1.82) is 0 Å². The predicted octanol–water partition coefficient (Wildman–Crippen LogP) is 2.69. The van der Waals surface area contributed by atoms with E-state index in [2.05, 4.69) is 5.32 Å². The zero-order chi connectivity index (χ0) is 14.5. The largest absolute Gasteiger partial charge is 0.348 e. The van der Waals surface area contributed by atoms with Gasteiger partial charge in [-0.2, -0.15) is 0 Å². The predicted molar refractivity (Wildman–Crippen MR) is 81.4 cm³/mol. The molecule has 2 aromatic rings. The Labute approximate surface area is 119 Å². The van der Waals surface area contributed by atoms with E-state index in [9.17, 15) is 4.79 Å². The third kappa shape index (κ3) is 3.25. The maximum absolute atomic E-state index is 12.2. The van der Waals surface area contributed by atoms with Crippen molar-refractivity contribution < 1.29 is 4.79 Å². The molecule has 1 amide bonds. The lowest BCUT2D eigenvalue weighted by Crippen LogP contribution is -2.24. The Morgan fingerprint density at radius 2 is 1.80 bits per heavy atom. The Bertz CT molecular complexity index is 620. The van der Waals surface area contributed by atoms with E-state index in [1.54, 1.807) is 0 Å². The highest BCUT2D eigenvalue weighted by atomic mass is 16.1. The van der Waals surface area contributed by atoms with E-state index in [4.69, 9.17) is 5.73 Å². The summed E-state index contributed by atoms with van der Waals surface area (Å²) in [6.45, 7) is 4.91. The van der Waals surface area contributed by atoms with Crippen molar-refractivity contribution in [3.05, 3.63) is 70.3 Å². The minimum atomic E-state index is -0.0435. The van der Waals surface area contributed by atoms with E-state index in [0.717, 1.165) is 27.8 Å². The van der Waals surface area contributed by atoms with Gasteiger partial charge in [0.2, 0.25) is 0 Å². The zero-order valence-corrected chi connectivity index (χ0v) is 11.9. The number of carbonyl (C=O) groups excluding carboxylic acids is 1. The quantitative estimate of drug-likeness (QED) is 0.895. The van der Waals surface area contributed by atoms with Crippen LogP contribution in [0.2, 0.25) is 0 Å². The average molecular weight is 268 g/mol. The molecule has 0 radical (unpaired) electrons. The van der Waals surface area contributed by atoms with E-state index >= 15 is 0 Å². The average Bonchev–Trinajstić information content (AvgIpc) is 2.47. The number of nitrogens with two attached hydrogens (primary N) is 1. The fourth-order valence-electron chi connectivity index (χ4n) is 2.18. The SMILES string of the molecule is Cc1ccc(C)c(C(=O)NCc2ccccc2CN)c1. The monoisotopic (exact) mass is 268 g/mol. The molecule has 104 valence electrons. The van der Waals surface area contributed by atoms with Crippen LogP contribution in [0.25, 0.3) is 0 Å². The lowest BCUT2D eigenvalue weighted by atomic mass is 10.0. The van der Waals surface area contributed by atoms with Crippen molar-refractivity contribution in [1.82, 2.24) is 5.32 Å². The molecule has 2 rings (SSSR count). The summed E-state index contributed by atoms with van der Waals surface area (Å²) in [6, 6.07) is 13.8. The molecule has 3 heteroatoms. The van der Waals surface area contributed by atoms with E-state index in [1.807, 2.05) is 56.3 Å². The first-order chi connectivity index (χ1) is 9.61. The third-order valence-corrected chi connectivity index (χ3v) is 3.42. The Morgan fingerprint density at radius 1 is 1.10 bits per heavy atom. The summed E-state index contributed by atoms with van der Waals surface area (Å²) in [5.41, 5.74) is 10.6. The first-order valence-electron chi connectivity index (χ1n) is 6.74. The Kier molecular flexibility index (Phi) is 4.53. The summed E-state index contributed by atoms with van der Waals surface area (Å²) >= 11 is 0. The Hall–Kier alpha value is -2.13. The summed E-state index contributed by atoms with van der Waals surface area (Å²) in [5.74, 6) is -0.0435. The van der Waals surface area contributed by atoms with Crippen molar-refractivity contribution in [2.24, 2.45) is 5.73 Å². The zero-order valence-electron chi connectivity index (χ0n) is 11.9. The number of hydrogen-bond donors (Lipinski definition) is 2. The number of hydrogen-bond acceptors (Lipinski definition) is 2. The van der Waals surface area contributed by atoms with Crippen molar-refractivity contribution in [2.45, 2.75) is 26.9 Å². The van der Waals surface area contributed by atoms with Gasteiger partial charge in [-0.05, 0) is 36.6 Å². The smallest absolute Gasteiger partial charge is 0.251 e. The molecule has 0 aliphatic rings. The first kappa shape index (κ1) is 14.3. The molecule has 0 saturated heterocycles. The van der Waals surface area contributed by atoms with Crippen molar-refractivity contribution in [2.75, 3.05) is 0 Å². The lowest BCUT2D eigenvalue weighted by Gasteiger charge is -2.11. The van der Waals surface area contributed by atoms with Gasteiger partial charge in [-0.3, -0.25) is 4.79 Å². The van der Waals surface area contributed by atoms with Crippen LogP contribution in [0.3, 0.4) is 0 Å². The third-order valence-electron chi connectivity index (χ3n) is 3.42. The molecule has 3 nitrogen and oxygen atoms in total. The lowest BCUT2D eigenvalue weighted by molar-refractivity contribution is 0.0950. The van der Waals surface area contributed by atoms with E-state index in [0.29, 0.717) is 13.1 Å². The summed E-state index contributed by atoms with van der Waals surface area (Å²) in [4.78, 5) is 12.2. The van der Waals surface area contributed by atoms with Gasteiger partial charge < -0.3 is 11.1 Å². The number of rotatable bonds is 4. The van der Waals surface area contributed by atoms with Gasteiger partial charge in [-0.25, -0.2) is 0 Å². The topological polar surface area (TPSA) is 55.1 Å². The number of amides is 1. The summed E-state index contributed by atoms with van der Waals surface area (Å²) in [7, 11) is 0. The maximum atomic E-state index is 12.2. The molecule has 0 bridgehead atoms. The molecule has 0 fully saturated rings. The molecule has 0 saturated carbocycles. The van der Waals surface area contributed by atoms with Crippen LogP contribution < -0.4 is 11.1 Å². The van der Waals surface area contributed by atoms with Crippen LogP contribution in [-0.4, -0.2) is 5.91 Å². The standard InChI is InChI=1S/C17H20N2O/c1-12-7-8-13(2)16(9-12)17(20)19-11-15-6-4-3-5-14(15)10-18/h3-9H,10-11,18H2,1-2H3,(H,19,20). The van der Waals surface area contributed by atoms with Gasteiger partial charge >= 0.3 is 0 Å². The van der Waals surface area contributed by atoms with Crippen LogP contribution in [0.15, 0.2) is 42.5 Å². The van der Waals surface area contributed by atoms with Crippen molar-refractivity contribution in [3.8, 4) is 0 Å². The number of carbonyl (C=O) groups is 1. The fourth-order valence-corrected chi connectivity index (χ4v) is 2.18. The molecule has 0 spiro atoms. The van der Waals surface area contributed by atoms with Gasteiger partial charge in [0.05, 0.1) is 0 Å². The molecule has 0 aliphatic heterocycles. The Balaban J connectivity index is 2.11. The maximum Gasteiger partial charge on any atom is 0.251 e. The summed E-state index contributed by atoms with van der Waals surface area (Å²) < 4.78 is 0. The van der Waals surface area contributed by atoms with E-state index in [1.165, 1.54) is 0 Å². The number of aryl methyl sites for hydroxylation is 2.